The third kappa shape index (κ3) is 4.99. The van der Waals surface area contributed by atoms with Crippen LogP contribution >= 0.6 is 0 Å². The van der Waals surface area contributed by atoms with Crippen molar-refractivity contribution >= 4 is 34.2 Å². The molecule has 5 rings (SSSR count). The van der Waals surface area contributed by atoms with Crippen LogP contribution in [-0.2, 0) is 9.53 Å². The lowest BCUT2D eigenvalue weighted by Gasteiger charge is -2.22. The van der Waals surface area contributed by atoms with Crippen molar-refractivity contribution in [3.63, 3.8) is 0 Å². The van der Waals surface area contributed by atoms with Gasteiger partial charge in [-0.2, -0.15) is 0 Å². The molecule has 0 spiro atoms. The van der Waals surface area contributed by atoms with Gasteiger partial charge in [0, 0.05) is 12.7 Å². The zero-order valence-electron chi connectivity index (χ0n) is 20.3. The molecule has 1 atom stereocenters. The molecule has 0 bridgehead atoms. The average Bonchev–Trinajstić information content (AvgIpc) is 3.35. The third-order valence-electron chi connectivity index (χ3n) is 6.58. The second-order valence-electron chi connectivity index (χ2n) is 8.93. The van der Waals surface area contributed by atoms with E-state index in [4.69, 9.17) is 9.84 Å². The Hall–Kier alpha value is -4.03. The number of hydrogen-bond donors (Lipinski definition) is 1. The Morgan fingerprint density at radius 3 is 2.50 bits per heavy atom. The monoisotopic (exact) mass is 479 g/mol. The van der Waals surface area contributed by atoms with Crippen LogP contribution in [0.3, 0.4) is 0 Å². The average molecular weight is 480 g/mol. The number of fused-ring (bicyclic) bond motifs is 1. The first kappa shape index (κ1) is 23.7. The van der Waals surface area contributed by atoms with Gasteiger partial charge in [0.15, 0.2) is 6.23 Å². The van der Waals surface area contributed by atoms with E-state index >= 15 is 0 Å². The van der Waals surface area contributed by atoms with Gasteiger partial charge in [0.2, 0.25) is 0 Å². The number of carboxylic acids is 1. The molecule has 0 amide bonds. The van der Waals surface area contributed by atoms with E-state index in [1.165, 1.54) is 11.1 Å². The van der Waals surface area contributed by atoms with E-state index in [1.54, 1.807) is 6.08 Å². The zero-order valence-corrected chi connectivity index (χ0v) is 20.3. The van der Waals surface area contributed by atoms with Gasteiger partial charge in [-0.05, 0) is 77.3 Å². The maximum Gasteiger partial charge on any atom is 0.328 e. The van der Waals surface area contributed by atoms with Gasteiger partial charge < -0.3 is 9.84 Å². The van der Waals surface area contributed by atoms with Gasteiger partial charge in [-0.1, -0.05) is 72.8 Å². The number of ether oxygens (including phenoxy) is 1. The molecule has 0 aliphatic carbocycles. The van der Waals surface area contributed by atoms with Crippen molar-refractivity contribution in [2.75, 3.05) is 6.61 Å². The topological polar surface area (TPSA) is 77.2 Å². The number of carbonyl (C=O) groups is 1. The molecule has 6 heteroatoms. The number of aliphatic carboxylic acids is 1. The number of aromatic nitrogens is 3. The van der Waals surface area contributed by atoms with E-state index in [1.807, 2.05) is 35.0 Å². The molecular weight excluding hydrogens is 450 g/mol. The highest BCUT2D eigenvalue weighted by Crippen LogP contribution is 2.36. The molecule has 1 saturated heterocycles. The smallest absolute Gasteiger partial charge is 0.328 e. The third-order valence-corrected chi connectivity index (χ3v) is 6.58. The van der Waals surface area contributed by atoms with Gasteiger partial charge in [0.25, 0.3) is 0 Å². The molecule has 182 valence electrons. The van der Waals surface area contributed by atoms with Gasteiger partial charge >= 0.3 is 5.97 Å². The first-order chi connectivity index (χ1) is 17.6. The standard InChI is InChI=1S/C30H29N3O3/c1-2-25(22-8-4-3-5-9-22)30(23-14-11-21(12-15-23)13-18-29(34)35)24-16-17-27-26(20-24)31-32-33(27)28-10-6-7-19-36-28/h3-5,8-9,11-18,20,28H,2,6-7,10,19H2,1H3,(H,34,35)/b18-13?,30-25+. The van der Waals surface area contributed by atoms with Crippen LogP contribution in [-0.4, -0.2) is 32.7 Å². The van der Waals surface area contributed by atoms with Crippen LogP contribution in [0.4, 0.5) is 0 Å². The predicted molar refractivity (Wildman–Crippen MR) is 142 cm³/mol. The maximum absolute atomic E-state index is 10.9. The van der Waals surface area contributed by atoms with E-state index in [-0.39, 0.29) is 6.23 Å². The summed E-state index contributed by atoms with van der Waals surface area (Å²) in [6.07, 6.45) is 6.71. The lowest BCUT2D eigenvalue weighted by molar-refractivity contribution is -0.131. The summed E-state index contributed by atoms with van der Waals surface area (Å²) in [4.78, 5) is 10.9. The van der Waals surface area contributed by atoms with E-state index in [9.17, 15) is 4.79 Å². The van der Waals surface area contributed by atoms with Crippen molar-refractivity contribution in [1.82, 2.24) is 15.0 Å². The summed E-state index contributed by atoms with van der Waals surface area (Å²) in [7, 11) is 0. The molecule has 1 aliphatic rings. The highest BCUT2D eigenvalue weighted by Gasteiger charge is 2.20. The largest absolute Gasteiger partial charge is 0.478 e. The second-order valence-corrected chi connectivity index (χ2v) is 8.93. The first-order valence-electron chi connectivity index (χ1n) is 12.4. The van der Waals surface area contributed by atoms with Crippen molar-refractivity contribution in [3.05, 3.63) is 101 Å². The van der Waals surface area contributed by atoms with Gasteiger partial charge in [-0.15, -0.1) is 5.10 Å². The minimum absolute atomic E-state index is 0.0634. The number of rotatable bonds is 7. The van der Waals surface area contributed by atoms with E-state index in [0.29, 0.717) is 0 Å². The number of nitrogens with zero attached hydrogens (tertiary/aromatic N) is 3. The summed E-state index contributed by atoms with van der Waals surface area (Å²) in [5.41, 5.74) is 8.29. The highest BCUT2D eigenvalue weighted by atomic mass is 16.5. The minimum Gasteiger partial charge on any atom is -0.478 e. The van der Waals surface area contributed by atoms with Crippen molar-refractivity contribution in [1.29, 1.82) is 0 Å². The van der Waals surface area contributed by atoms with Crippen LogP contribution in [0.1, 0.15) is 61.1 Å². The Bertz CT molecular complexity index is 1410. The molecule has 36 heavy (non-hydrogen) atoms. The molecule has 3 aromatic carbocycles. The molecule has 1 aliphatic heterocycles. The number of carboxylic acid groups (broad SMARTS) is 1. The van der Waals surface area contributed by atoms with Crippen molar-refractivity contribution in [2.24, 2.45) is 0 Å². The normalized spacial score (nSPS) is 16.9. The Kier molecular flexibility index (Phi) is 7.05. The summed E-state index contributed by atoms with van der Waals surface area (Å²) >= 11 is 0. The van der Waals surface area contributed by atoms with Gasteiger partial charge in [-0.25, -0.2) is 9.48 Å². The van der Waals surface area contributed by atoms with Crippen LogP contribution < -0.4 is 0 Å². The molecule has 6 nitrogen and oxygen atoms in total. The van der Waals surface area contributed by atoms with Crippen molar-refractivity contribution in [3.8, 4) is 0 Å². The van der Waals surface area contributed by atoms with Gasteiger partial charge in [0.05, 0.1) is 5.52 Å². The Morgan fingerprint density at radius 2 is 1.81 bits per heavy atom. The van der Waals surface area contributed by atoms with Crippen LogP contribution in [0.15, 0.2) is 78.9 Å². The summed E-state index contributed by atoms with van der Waals surface area (Å²) in [5.74, 6) is -0.961. The molecule has 4 aromatic rings. The lowest BCUT2D eigenvalue weighted by Crippen LogP contribution is -2.19. The summed E-state index contributed by atoms with van der Waals surface area (Å²) in [6, 6.07) is 24.7. The number of benzene rings is 3. The fourth-order valence-electron chi connectivity index (χ4n) is 4.83. The zero-order chi connectivity index (χ0) is 24.9. The van der Waals surface area contributed by atoms with Crippen molar-refractivity contribution < 1.29 is 14.6 Å². The molecule has 1 aromatic heterocycles. The van der Waals surface area contributed by atoms with Crippen molar-refractivity contribution in [2.45, 2.75) is 38.8 Å². The highest BCUT2D eigenvalue weighted by molar-refractivity contribution is 6.00. The maximum atomic E-state index is 10.9. The Morgan fingerprint density at radius 1 is 1.03 bits per heavy atom. The molecular formula is C30H29N3O3. The minimum atomic E-state index is -0.961. The van der Waals surface area contributed by atoms with E-state index in [0.717, 1.165) is 71.7 Å². The summed E-state index contributed by atoms with van der Waals surface area (Å²) in [5, 5.41) is 17.9. The molecule has 0 radical (unpaired) electrons. The van der Waals surface area contributed by atoms with E-state index in [2.05, 4.69) is 59.7 Å². The summed E-state index contributed by atoms with van der Waals surface area (Å²) in [6.45, 7) is 2.92. The first-order valence-corrected chi connectivity index (χ1v) is 12.4. The second kappa shape index (κ2) is 10.7. The molecule has 1 N–H and O–H groups in total. The molecule has 1 unspecified atom stereocenters. The predicted octanol–water partition coefficient (Wildman–Crippen LogP) is 6.60. The van der Waals surface area contributed by atoms with Crippen LogP contribution in [0, 0.1) is 0 Å². The van der Waals surface area contributed by atoms with Crippen LogP contribution in [0.2, 0.25) is 0 Å². The van der Waals surface area contributed by atoms with Crippen LogP contribution in [0.25, 0.3) is 28.3 Å². The lowest BCUT2D eigenvalue weighted by atomic mass is 9.87. The number of allylic oxidation sites excluding steroid dienone is 1. The number of hydrogen-bond acceptors (Lipinski definition) is 4. The van der Waals surface area contributed by atoms with E-state index < -0.39 is 5.97 Å². The molecule has 2 heterocycles. The quantitative estimate of drug-likeness (QED) is 0.239. The van der Waals surface area contributed by atoms with Crippen LogP contribution in [0.5, 0.6) is 0 Å². The fourth-order valence-corrected chi connectivity index (χ4v) is 4.83. The fraction of sp³-hybridized carbons (Fsp3) is 0.233. The summed E-state index contributed by atoms with van der Waals surface area (Å²) < 4.78 is 7.85. The Balaban J connectivity index is 1.62. The molecule has 0 saturated carbocycles. The Labute approximate surface area is 210 Å². The SMILES string of the molecule is CC/C(=C(/c1ccc(C=CC(=O)O)cc1)c1ccc2c(c1)nnn2C1CCCCO1)c1ccccc1. The molecule has 1 fully saturated rings. The van der Waals surface area contributed by atoms with Gasteiger partial charge in [0.1, 0.15) is 5.52 Å². The van der Waals surface area contributed by atoms with Gasteiger partial charge in [-0.3, -0.25) is 0 Å².